The first kappa shape index (κ1) is 10.2. The number of H-pyrrole nitrogens is 1. The van der Waals surface area contributed by atoms with Crippen LogP contribution in [0.1, 0.15) is 29.6 Å². The molecule has 0 bridgehead atoms. The standard InChI is InChI=1S/C10H15N3O2/c11-10-8(6-12-13-10)9(14)5-7-1-3-15-4-2-7/h6-7H,1-5H2,(H3,11,12,13). The Hall–Kier alpha value is -1.36. The number of Topliss-reactive ketones (excluding diaryl/α,β-unsaturated/α-hetero) is 1. The molecule has 1 aromatic rings. The van der Waals surface area contributed by atoms with Crippen LogP contribution in [-0.2, 0) is 4.74 Å². The molecule has 0 amide bonds. The average Bonchev–Trinajstić information content (AvgIpc) is 2.66. The molecule has 0 saturated carbocycles. The van der Waals surface area contributed by atoms with Crippen molar-refractivity contribution in [3.05, 3.63) is 11.8 Å². The van der Waals surface area contributed by atoms with Gasteiger partial charge in [-0.2, -0.15) is 5.10 Å². The maximum absolute atomic E-state index is 11.8. The predicted molar refractivity (Wildman–Crippen MR) is 55.5 cm³/mol. The summed E-state index contributed by atoms with van der Waals surface area (Å²) in [5, 5.41) is 6.31. The zero-order valence-electron chi connectivity index (χ0n) is 8.53. The van der Waals surface area contributed by atoms with E-state index in [1.54, 1.807) is 0 Å². The summed E-state index contributed by atoms with van der Waals surface area (Å²) in [7, 11) is 0. The topological polar surface area (TPSA) is 81.0 Å². The lowest BCUT2D eigenvalue weighted by atomic mass is 9.92. The molecule has 82 valence electrons. The van der Waals surface area contributed by atoms with Gasteiger partial charge in [0.1, 0.15) is 5.82 Å². The quantitative estimate of drug-likeness (QED) is 0.727. The Balaban J connectivity index is 1.94. The van der Waals surface area contributed by atoms with Crippen LogP contribution in [-0.4, -0.2) is 29.2 Å². The minimum absolute atomic E-state index is 0.0770. The van der Waals surface area contributed by atoms with Crippen molar-refractivity contribution >= 4 is 11.6 Å². The number of carbonyl (C=O) groups excluding carboxylic acids is 1. The lowest BCUT2D eigenvalue weighted by molar-refractivity contribution is 0.0601. The minimum Gasteiger partial charge on any atom is -0.383 e. The largest absolute Gasteiger partial charge is 0.383 e. The molecule has 1 aliphatic rings. The first-order valence-electron chi connectivity index (χ1n) is 5.17. The highest BCUT2D eigenvalue weighted by Crippen LogP contribution is 2.21. The van der Waals surface area contributed by atoms with Crippen LogP contribution in [0.2, 0.25) is 0 Å². The Morgan fingerprint density at radius 1 is 1.60 bits per heavy atom. The Kier molecular flexibility index (Phi) is 3.01. The van der Waals surface area contributed by atoms with Crippen LogP contribution in [0.25, 0.3) is 0 Å². The van der Waals surface area contributed by atoms with Crippen LogP contribution in [0.5, 0.6) is 0 Å². The molecule has 3 N–H and O–H groups in total. The molecule has 5 heteroatoms. The molecule has 2 rings (SSSR count). The molecule has 0 spiro atoms. The molecular weight excluding hydrogens is 194 g/mol. The Morgan fingerprint density at radius 3 is 2.93 bits per heavy atom. The smallest absolute Gasteiger partial charge is 0.168 e. The van der Waals surface area contributed by atoms with Crippen LogP contribution in [0.15, 0.2) is 6.20 Å². The van der Waals surface area contributed by atoms with Crippen molar-refractivity contribution in [1.82, 2.24) is 10.2 Å². The summed E-state index contributed by atoms with van der Waals surface area (Å²) < 4.78 is 5.24. The van der Waals surface area contributed by atoms with E-state index in [0.717, 1.165) is 26.1 Å². The van der Waals surface area contributed by atoms with Crippen LogP contribution in [0.4, 0.5) is 5.82 Å². The van der Waals surface area contributed by atoms with Gasteiger partial charge in [0.25, 0.3) is 0 Å². The van der Waals surface area contributed by atoms with E-state index in [-0.39, 0.29) is 5.78 Å². The summed E-state index contributed by atoms with van der Waals surface area (Å²) in [5.74, 6) is 0.876. The number of rotatable bonds is 3. The Labute approximate surface area is 88.0 Å². The molecule has 0 unspecified atom stereocenters. The van der Waals surface area contributed by atoms with Gasteiger partial charge in [0, 0.05) is 19.6 Å². The molecule has 0 atom stereocenters. The Morgan fingerprint density at radius 2 is 2.33 bits per heavy atom. The van der Waals surface area contributed by atoms with Crippen LogP contribution < -0.4 is 5.73 Å². The van der Waals surface area contributed by atoms with E-state index in [1.165, 1.54) is 6.20 Å². The van der Waals surface area contributed by atoms with Crippen molar-refractivity contribution in [2.45, 2.75) is 19.3 Å². The van der Waals surface area contributed by atoms with E-state index in [1.807, 2.05) is 0 Å². The van der Waals surface area contributed by atoms with Crippen LogP contribution in [0, 0.1) is 5.92 Å². The number of hydrogen-bond donors (Lipinski definition) is 2. The maximum Gasteiger partial charge on any atom is 0.168 e. The van der Waals surface area contributed by atoms with Crippen molar-refractivity contribution in [3.63, 3.8) is 0 Å². The third-order valence-electron chi connectivity index (χ3n) is 2.78. The number of aromatic nitrogens is 2. The third kappa shape index (κ3) is 2.36. The van der Waals surface area contributed by atoms with Gasteiger partial charge < -0.3 is 10.5 Å². The van der Waals surface area contributed by atoms with Crippen LogP contribution >= 0.6 is 0 Å². The highest BCUT2D eigenvalue weighted by molar-refractivity contribution is 5.99. The fraction of sp³-hybridized carbons (Fsp3) is 0.600. The number of nitrogen functional groups attached to an aromatic ring is 1. The molecule has 0 aromatic carbocycles. The van der Waals surface area contributed by atoms with Gasteiger partial charge in [-0.3, -0.25) is 9.89 Å². The van der Waals surface area contributed by atoms with Crippen molar-refractivity contribution in [3.8, 4) is 0 Å². The van der Waals surface area contributed by atoms with Gasteiger partial charge in [-0.15, -0.1) is 0 Å². The SMILES string of the molecule is Nc1[nH]ncc1C(=O)CC1CCOCC1. The van der Waals surface area contributed by atoms with Gasteiger partial charge in [-0.25, -0.2) is 0 Å². The van der Waals surface area contributed by atoms with Gasteiger partial charge in [0.15, 0.2) is 5.78 Å². The lowest BCUT2D eigenvalue weighted by Crippen LogP contribution is -2.19. The number of ether oxygens (including phenoxy) is 1. The van der Waals surface area contributed by atoms with E-state index >= 15 is 0 Å². The van der Waals surface area contributed by atoms with Crippen molar-refractivity contribution in [1.29, 1.82) is 0 Å². The number of ketones is 1. The summed E-state index contributed by atoms with van der Waals surface area (Å²) in [6.45, 7) is 1.53. The predicted octanol–water partition coefficient (Wildman–Crippen LogP) is 0.991. The molecule has 5 nitrogen and oxygen atoms in total. The lowest BCUT2D eigenvalue weighted by Gasteiger charge is -2.20. The molecule has 1 fully saturated rings. The third-order valence-corrected chi connectivity index (χ3v) is 2.78. The van der Waals surface area contributed by atoms with E-state index in [4.69, 9.17) is 10.5 Å². The summed E-state index contributed by atoms with van der Waals surface area (Å²) in [6.07, 6.45) is 3.97. The van der Waals surface area contributed by atoms with E-state index in [0.29, 0.717) is 23.7 Å². The number of nitrogens with two attached hydrogens (primary N) is 1. The second-order valence-corrected chi connectivity index (χ2v) is 3.88. The monoisotopic (exact) mass is 209 g/mol. The maximum atomic E-state index is 11.8. The Bertz CT molecular complexity index is 342. The first-order valence-corrected chi connectivity index (χ1v) is 5.17. The molecule has 1 saturated heterocycles. The van der Waals surface area contributed by atoms with E-state index in [9.17, 15) is 4.79 Å². The zero-order valence-corrected chi connectivity index (χ0v) is 8.53. The molecule has 0 aliphatic carbocycles. The average molecular weight is 209 g/mol. The van der Waals surface area contributed by atoms with Crippen LogP contribution in [0.3, 0.4) is 0 Å². The highest BCUT2D eigenvalue weighted by Gasteiger charge is 2.20. The number of nitrogens with zero attached hydrogens (tertiary/aromatic N) is 1. The molecule has 2 heterocycles. The molecule has 1 aromatic heterocycles. The van der Waals surface area contributed by atoms with E-state index in [2.05, 4.69) is 10.2 Å². The fourth-order valence-electron chi connectivity index (χ4n) is 1.84. The van der Waals surface area contributed by atoms with Gasteiger partial charge in [-0.05, 0) is 18.8 Å². The van der Waals surface area contributed by atoms with Crippen molar-refractivity contribution in [2.75, 3.05) is 18.9 Å². The molecule has 1 aliphatic heterocycles. The summed E-state index contributed by atoms with van der Waals surface area (Å²) >= 11 is 0. The normalized spacial score (nSPS) is 17.9. The number of hydrogen-bond acceptors (Lipinski definition) is 4. The van der Waals surface area contributed by atoms with Gasteiger partial charge in [-0.1, -0.05) is 0 Å². The van der Waals surface area contributed by atoms with Crippen molar-refractivity contribution < 1.29 is 9.53 Å². The second kappa shape index (κ2) is 4.44. The van der Waals surface area contributed by atoms with Crippen molar-refractivity contribution in [2.24, 2.45) is 5.92 Å². The molecule has 0 radical (unpaired) electrons. The molecule has 15 heavy (non-hydrogen) atoms. The number of aromatic amines is 1. The van der Waals surface area contributed by atoms with E-state index < -0.39 is 0 Å². The number of anilines is 1. The first-order chi connectivity index (χ1) is 7.27. The minimum atomic E-state index is 0.0770. The summed E-state index contributed by atoms with van der Waals surface area (Å²) in [5.41, 5.74) is 6.10. The zero-order chi connectivity index (χ0) is 10.7. The second-order valence-electron chi connectivity index (χ2n) is 3.88. The highest BCUT2D eigenvalue weighted by atomic mass is 16.5. The van der Waals surface area contributed by atoms with Gasteiger partial charge in [0.2, 0.25) is 0 Å². The van der Waals surface area contributed by atoms with Gasteiger partial charge >= 0.3 is 0 Å². The summed E-state index contributed by atoms with van der Waals surface area (Å²) in [6, 6.07) is 0. The summed E-state index contributed by atoms with van der Waals surface area (Å²) in [4.78, 5) is 11.8. The molecular formula is C10H15N3O2. The number of nitrogens with one attached hydrogen (secondary N) is 1. The van der Waals surface area contributed by atoms with Gasteiger partial charge in [0.05, 0.1) is 11.8 Å². The fourth-order valence-corrected chi connectivity index (χ4v) is 1.84. The number of carbonyl (C=O) groups is 1.